The number of rotatable bonds is 1. The lowest BCUT2D eigenvalue weighted by molar-refractivity contribution is 0.0808. The van der Waals surface area contributed by atoms with Gasteiger partial charge in [0.1, 0.15) is 23.7 Å². The lowest BCUT2D eigenvalue weighted by atomic mass is 9.93. The number of hydrogen-bond acceptors (Lipinski definition) is 8. The average molecular weight is 395 g/mol. The van der Waals surface area contributed by atoms with Gasteiger partial charge in [0.15, 0.2) is 5.82 Å². The van der Waals surface area contributed by atoms with Crippen LogP contribution in [0.25, 0.3) is 0 Å². The molecular formula is C19H18FN7O2. The molecule has 0 spiro atoms. The molecular weight excluding hydrogens is 377 g/mol. The lowest BCUT2D eigenvalue weighted by Gasteiger charge is -2.26. The molecule has 0 saturated carbocycles. The molecule has 1 aliphatic heterocycles. The van der Waals surface area contributed by atoms with Crippen molar-refractivity contribution in [2.45, 2.75) is 18.9 Å². The Hall–Kier alpha value is -3.87. The van der Waals surface area contributed by atoms with Crippen LogP contribution >= 0.6 is 0 Å². The van der Waals surface area contributed by atoms with Crippen molar-refractivity contribution in [1.82, 2.24) is 14.9 Å². The Morgan fingerprint density at radius 1 is 1.48 bits per heavy atom. The predicted molar refractivity (Wildman–Crippen MR) is 103 cm³/mol. The zero-order valence-electron chi connectivity index (χ0n) is 15.7. The molecule has 29 heavy (non-hydrogen) atoms. The lowest BCUT2D eigenvalue weighted by Crippen LogP contribution is -2.37. The average Bonchev–Trinajstić information content (AvgIpc) is 2.68. The van der Waals surface area contributed by atoms with Crippen molar-refractivity contribution in [2.24, 2.45) is 0 Å². The number of nitrogens with one attached hydrogen (secondary N) is 2. The molecule has 2 heterocycles. The second-order valence-electron chi connectivity index (χ2n) is 6.62. The van der Waals surface area contributed by atoms with E-state index in [4.69, 9.17) is 21.3 Å². The monoisotopic (exact) mass is 395 g/mol. The Kier molecular flexibility index (Phi) is 5.23. The molecule has 2 bridgehead atoms. The van der Waals surface area contributed by atoms with E-state index in [1.807, 2.05) is 0 Å². The highest BCUT2D eigenvalue weighted by atomic mass is 19.1. The summed E-state index contributed by atoms with van der Waals surface area (Å²) in [6.07, 6.45) is 0.469. The van der Waals surface area contributed by atoms with Gasteiger partial charge in [-0.1, -0.05) is 0 Å². The van der Waals surface area contributed by atoms with E-state index >= 15 is 0 Å². The van der Waals surface area contributed by atoms with Gasteiger partial charge in [-0.3, -0.25) is 10.2 Å². The summed E-state index contributed by atoms with van der Waals surface area (Å²) in [5.41, 5.74) is 5.94. The molecule has 1 amide bonds. The van der Waals surface area contributed by atoms with Gasteiger partial charge in [0.2, 0.25) is 0 Å². The normalized spacial score (nSPS) is 19.3. The molecule has 9 nitrogen and oxygen atoms in total. The van der Waals surface area contributed by atoms with Crippen molar-refractivity contribution in [3.63, 3.8) is 0 Å². The molecule has 148 valence electrons. The fourth-order valence-electron chi connectivity index (χ4n) is 3.11. The van der Waals surface area contributed by atoms with Gasteiger partial charge >= 0.3 is 0 Å². The number of carbonyl (C=O) groups is 1. The summed E-state index contributed by atoms with van der Waals surface area (Å²) in [5, 5.41) is 25.5. The van der Waals surface area contributed by atoms with Crippen LogP contribution in [0.4, 0.5) is 10.2 Å². The van der Waals surface area contributed by atoms with Crippen LogP contribution in [0.2, 0.25) is 0 Å². The van der Waals surface area contributed by atoms with Crippen molar-refractivity contribution < 1.29 is 13.9 Å². The summed E-state index contributed by atoms with van der Waals surface area (Å²) < 4.78 is 19.6. The van der Waals surface area contributed by atoms with Gasteiger partial charge in [-0.05, 0) is 25.1 Å². The SMILES string of the molecule is CC1Oc2nc(cnc2N)C(C(=N)C#N)C(=N)CN(C)C(=O)c2ccc(F)cc21. The number of amides is 1. The molecule has 0 saturated heterocycles. The smallest absolute Gasteiger partial charge is 0.258 e. The maximum absolute atomic E-state index is 13.9. The first-order chi connectivity index (χ1) is 13.7. The molecule has 1 aromatic carbocycles. The second-order valence-corrected chi connectivity index (χ2v) is 6.62. The number of anilines is 1. The Morgan fingerprint density at radius 2 is 2.21 bits per heavy atom. The molecule has 1 aliphatic rings. The molecule has 2 aromatic rings. The van der Waals surface area contributed by atoms with Gasteiger partial charge in [0, 0.05) is 23.9 Å². The van der Waals surface area contributed by atoms with Crippen LogP contribution in [0, 0.1) is 28.0 Å². The first kappa shape index (κ1) is 19.9. The highest BCUT2D eigenvalue weighted by Gasteiger charge is 2.30. The van der Waals surface area contributed by atoms with Crippen LogP contribution < -0.4 is 10.5 Å². The highest BCUT2D eigenvalue weighted by Crippen LogP contribution is 2.30. The number of fused-ring (bicyclic) bond motifs is 3. The number of aromatic nitrogens is 2. The minimum Gasteiger partial charge on any atom is -0.467 e. The van der Waals surface area contributed by atoms with Crippen molar-refractivity contribution >= 4 is 23.1 Å². The summed E-state index contributed by atoms with van der Waals surface area (Å²) in [6, 6.07) is 5.42. The Morgan fingerprint density at radius 3 is 2.90 bits per heavy atom. The number of carbonyl (C=O) groups excluding carboxylic acids is 1. The standard InChI is InChI=1S/C19H18FN7O2/c1-9-12-5-10(20)3-4-11(12)19(28)27(2)8-14(23)16(13(22)6-21)15-7-25-17(24)18(26-15)29-9/h3-5,7,9,16,22-23H,8H2,1-2H3,(H2,24,25). The third kappa shape index (κ3) is 3.75. The fourth-order valence-corrected chi connectivity index (χ4v) is 3.11. The number of ether oxygens (including phenoxy) is 1. The third-order valence-electron chi connectivity index (χ3n) is 4.56. The topological polar surface area (TPSA) is 153 Å². The van der Waals surface area contributed by atoms with E-state index in [0.29, 0.717) is 5.56 Å². The van der Waals surface area contributed by atoms with Gasteiger partial charge in [-0.25, -0.2) is 14.4 Å². The minimum absolute atomic E-state index is 0.0483. The maximum Gasteiger partial charge on any atom is 0.258 e. The number of nitrogens with two attached hydrogens (primary N) is 1. The molecule has 1 aromatic heterocycles. The van der Waals surface area contributed by atoms with Crippen LogP contribution in [-0.2, 0) is 0 Å². The quantitative estimate of drug-likeness (QED) is 0.628. The van der Waals surface area contributed by atoms with Gasteiger partial charge in [-0.2, -0.15) is 5.26 Å². The molecule has 2 atom stereocenters. The van der Waals surface area contributed by atoms with E-state index in [-0.39, 0.29) is 35.2 Å². The van der Waals surface area contributed by atoms with Crippen LogP contribution in [-0.4, -0.2) is 45.8 Å². The highest BCUT2D eigenvalue weighted by molar-refractivity contribution is 6.17. The molecule has 2 unspecified atom stereocenters. The van der Waals surface area contributed by atoms with E-state index in [0.717, 1.165) is 6.07 Å². The molecule has 0 aliphatic carbocycles. The molecule has 3 rings (SSSR count). The van der Waals surface area contributed by atoms with E-state index in [1.165, 1.54) is 30.3 Å². The van der Waals surface area contributed by atoms with Gasteiger partial charge in [0.25, 0.3) is 11.8 Å². The summed E-state index contributed by atoms with van der Waals surface area (Å²) in [4.78, 5) is 22.5. The number of benzene rings is 1. The van der Waals surface area contributed by atoms with Crippen molar-refractivity contribution in [1.29, 1.82) is 16.1 Å². The van der Waals surface area contributed by atoms with E-state index in [1.54, 1.807) is 13.0 Å². The minimum atomic E-state index is -1.10. The Bertz CT molecular complexity index is 1060. The number of nitriles is 1. The molecule has 0 fully saturated rings. The number of halogens is 1. The summed E-state index contributed by atoms with van der Waals surface area (Å²) in [7, 11) is 1.48. The van der Waals surface area contributed by atoms with Crippen LogP contribution in [0.3, 0.4) is 0 Å². The maximum atomic E-state index is 13.9. The second kappa shape index (κ2) is 7.63. The predicted octanol–water partition coefficient (Wildman–Crippen LogP) is 2.07. The van der Waals surface area contributed by atoms with Crippen molar-refractivity contribution in [2.75, 3.05) is 19.3 Å². The van der Waals surface area contributed by atoms with Crippen molar-refractivity contribution in [3.8, 4) is 11.9 Å². The fraction of sp³-hybridized carbons (Fsp3) is 0.263. The Labute approximate surface area is 166 Å². The zero-order chi connectivity index (χ0) is 21.3. The van der Waals surface area contributed by atoms with E-state index in [2.05, 4.69) is 9.97 Å². The first-order valence-electron chi connectivity index (χ1n) is 8.62. The molecule has 10 heteroatoms. The number of hydrogen-bond donors (Lipinski definition) is 3. The Balaban J connectivity index is 2.21. The molecule has 4 N–H and O–H groups in total. The third-order valence-corrected chi connectivity index (χ3v) is 4.56. The first-order valence-corrected chi connectivity index (χ1v) is 8.62. The van der Waals surface area contributed by atoms with Crippen molar-refractivity contribution in [3.05, 3.63) is 47.0 Å². The van der Waals surface area contributed by atoms with Gasteiger partial charge in [-0.15, -0.1) is 0 Å². The van der Waals surface area contributed by atoms with E-state index in [9.17, 15) is 14.4 Å². The van der Waals surface area contributed by atoms with Crippen LogP contribution in [0.1, 0.15) is 40.6 Å². The van der Waals surface area contributed by atoms with E-state index < -0.39 is 29.5 Å². The van der Waals surface area contributed by atoms with Gasteiger partial charge < -0.3 is 20.8 Å². The summed E-state index contributed by atoms with van der Waals surface area (Å²) in [5.74, 6) is -2.23. The number of nitrogen functional groups attached to an aromatic ring is 1. The van der Waals surface area contributed by atoms with Crippen LogP contribution in [0.5, 0.6) is 5.88 Å². The zero-order valence-corrected chi connectivity index (χ0v) is 15.7. The summed E-state index contributed by atoms with van der Waals surface area (Å²) in [6.45, 7) is 1.45. The molecule has 0 radical (unpaired) electrons. The number of nitrogens with zero attached hydrogens (tertiary/aromatic N) is 4. The van der Waals surface area contributed by atoms with Crippen LogP contribution in [0.15, 0.2) is 24.4 Å². The summed E-state index contributed by atoms with van der Waals surface area (Å²) >= 11 is 0. The largest absolute Gasteiger partial charge is 0.467 e. The van der Waals surface area contributed by atoms with Gasteiger partial charge in [0.05, 0.1) is 24.4 Å².